The molecule has 2 aliphatic heterocycles. The second kappa shape index (κ2) is 13.6. The number of piperidine rings is 2. The number of hydrogen-bond acceptors (Lipinski definition) is 9. The molecule has 10 nitrogen and oxygen atoms in total. The van der Waals surface area contributed by atoms with Crippen molar-refractivity contribution in [2.45, 2.75) is 38.3 Å². The number of aromatic nitrogens is 1. The molecule has 2 saturated heterocycles. The normalized spacial score (nSPS) is 16.9. The lowest BCUT2D eigenvalue weighted by atomic mass is 9.93. The fourth-order valence-corrected chi connectivity index (χ4v) is 5.34. The molecular formula is C29H36F2N8O2. The molecule has 2 aliphatic rings. The van der Waals surface area contributed by atoms with E-state index in [4.69, 9.17) is 10.7 Å². The minimum absolute atomic E-state index is 0.0563. The Morgan fingerprint density at radius 1 is 0.927 bits per heavy atom. The number of likely N-dealkylation sites (tertiary alicyclic amines) is 2. The van der Waals surface area contributed by atoms with Gasteiger partial charge in [-0.25, -0.2) is 19.2 Å². The number of carbonyl (C=O) groups excluding carboxylic acids is 1. The number of nitrogen functional groups attached to an aromatic ring is 1. The van der Waals surface area contributed by atoms with E-state index in [1.54, 1.807) is 12.3 Å². The summed E-state index contributed by atoms with van der Waals surface area (Å²) in [7, 11) is 0. The number of amides is 1. The number of nitrogens with two attached hydrogens (primary N) is 1. The fraction of sp³-hybridized carbons (Fsp3) is 0.379. The number of anilines is 4. The van der Waals surface area contributed by atoms with E-state index in [9.17, 15) is 13.6 Å². The summed E-state index contributed by atoms with van der Waals surface area (Å²) < 4.78 is 27.0. The first-order chi connectivity index (χ1) is 19.9. The number of benzene rings is 2. The first-order valence-electron chi connectivity index (χ1n) is 13.9. The number of halogens is 2. The molecule has 2 aromatic carbocycles. The summed E-state index contributed by atoms with van der Waals surface area (Å²) >= 11 is 0. The van der Waals surface area contributed by atoms with Crippen molar-refractivity contribution in [3.05, 3.63) is 78.0 Å². The largest absolute Gasteiger partial charge is 0.384 e. The molecule has 3 aromatic rings. The van der Waals surface area contributed by atoms with Crippen molar-refractivity contribution in [2.24, 2.45) is 5.92 Å². The van der Waals surface area contributed by atoms with Crippen LogP contribution in [0.3, 0.4) is 0 Å². The highest BCUT2D eigenvalue weighted by atomic mass is 19.1. The molecule has 1 aromatic heterocycles. The van der Waals surface area contributed by atoms with Crippen LogP contribution in [0.15, 0.2) is 60.8 Å². The summed E-state index contributed by atoms with van der Waals surface area (Å²) in [6, 6.07) is 14.1. The Balaban J connectivity index is 1.05. The summed E-state index contributed by atoms with van der Waals surface area (Å²) in [6.07, 6.45) is 5.02. The maximum absolute atomic E-state index is 14.0. The SMILES string of the molecule is Nc1cc(CN2CCC(C(=O)N3CCC(Nc4ccc(F)cc4NNONc4ccc(F)cc4)CC3)CC2)ccn1. The predicted molar refractivity (Wildman–Crippen MR) is 154 cm³/mol. The van der Waals surface area contributed by atoms with Gasteiger partial charge in [0.15, 0.2) is 0 Å². The molecule has 41 heavy (non-hydrogen) atoms. The minimum Gasteiger partial charge on any atom is -0.384 e. The number of hydrogen-bond donors (Lipinski definition) is 5. The van der Waals surface area contributed by atoms with Gasteiger partial charge < -0.3 is 16.0 Å². The number of hydrazine groups is 1. The highest BCUT2D eigenvalue weighted by Gasteiger charge is 2.31. The summed E-state index contributed by atoms with van der Waals surface area (Å²) in [5.74, 6) is 0.0785. The number of carbonyl (C=O) groups is 1. The van der Waals surface area contributed by atoms with Gasteiger partial charge in [-0.05, 0) is 92.9 Å². The quantitative estimate of drug-likeness (QED) is 0.182. The average Bonchev–Trinajstić information content (AvgIpc) is 2.98. The highest BCUT2D eigenvalue weighted by molar-refractivity contribution is 5.79. The Morgan fingerprint density at radius 2 is 1.66 bits per heavy atom. The third-order valence-electron chi connectivity index (χ3n) is 7.59. The summed E-state index contributed by atoms with van der Waals surface area (Å²) in [4.78, 5) is 26.8. The van der Waals surface area contributed by atoms with E-state index in [2.05, 4.69) is 31.7 Å². The third kappa shape index (κ3) is 8.03. The van der Waals surface area contributed by atoms with Crippen molar-refractivity contribution in [3.63, 3.8) is 0 Å². The average molecular weight is 567 g/mol. The van der Waals surface area contributed by atoms with Gasteiger partial charge in [-0.15, -0.1) is 0 Å². The number of rotatable bonds is 10. The van der Waals surface area contributed by atoms with Gasteiger partial charge in [0.1, 0.15) is 17.5 Å². The zero-order chi connectivity index (χ0) is 28.6. The zero-order valence-corrected chi connectivity index (χ0v) is 22.8. The van der Waals surface area contributed by atoms with Crippen molar-refractivity contribution in [2.75, 3.05) is 48.1 Å². The van der Waals surface area contributed by atoms with Crippen LogP contribution in [-0.4, -0.2) is 52.9 Å². The molecule has 0 bridgehead atoms. The minimum atomic E-state index is -0.400. The van der Waals surface area contributed by atoms with Crippen LogP contribution in [0.2, 0.25) is 0 Å². The van der Waals surface area contributed by atoms with Crippen molar-refractivity contribution >= 4 is 28.8 Å². The van der Waals surface area contributed by atoms with E-state index in [0.717, 1.165) is 50.9 Å². The summed E-state index contributed by atoms with van der Waals surface area (Å²) in [5, 5.41) is 3.47. The fourth-order valence-electron chi connectivity index (χ4n) is 5.34. The Kier molecular flexibility index (Phi) is 9.44. The van der Waals surface area contributed by atoms with Crippen molar-refractivity contribution in [1.82, 2.24) is 20.4 Å². The number of nitrogens with one attached hydrogen (secondary N) is 4. The lowest BCUT2D eigenvalue weighted by Crippen LogP contribution is -2.47. The third-order valence-corrected chi connectivity index (χ3v) is 7.59. The van der Waals surface area contributed by atoms with Gasteiger partial charge >= 0.3 is 0 Å². The molecule has 0 saturated carbocycles. The molecular weight excluding hydrogens is 530 g/mol. The van der Waals surface area contributed by atoms with Gasteiger partial charge in [-0.2, -0.15) is 4.94 Å². The molecule has 2 fully saturated rings. The Labute approximate surface area is 238 Å². The lowest BCUT2D eigenvalue weighted by Gasteiger charge is -2.37. The molecule has 6 N–H and O–H groups in total. The molecule has 0 radical (unpaired) electrons. The summed E-state index contributed by atoms with van der Waals surface area (Å²) in [6.45, 7) is 3.94. The topological polar surface area (TPSA) is 120 Å². The van der Waals surface area contributed by atoms with Gasteiger partial charge in [-0.1, -0.05) is 5.59 Å². The molecule has 0 aliphatic carbocycles. The van der Waals surface area contributed by atoms with E-state index in [1.165, 1.54) is 36.4 Å². The Hall–Kier alpha value is -4.00. The van der Waals surface area contributed by atoms with E-state index < -0.39 is 5.82 Å². The standard InChI is InChI=1S/C29H36F2N8O2/c30-22-1-4-25(5-2-22)36-41-37-35-27-18-23(31)3-6-26(27)34-24-10-15-39(16-11-24)29(40)21-8-13-38(14-9-21)19-20-7-12-33-28(32)17-20/h1-7,12,17-18,21,24,34-37H,8-11,13-16,19H2,(H2,32,33). The monoisotopic (exact) mass is 566 g/mol. The molecule has 3 heterocycles. The van der Waals surface area contributed by atoms with E-state index in [-0.39, 0.29) is 23.7 Å². The van der Waals surface area contributed by atoms with Gasteiger partial charge in [0, 0.05) is 43.9 Å². The molecule has 5 rings (SSSR count). The van der Waals surface area contributed by atoms with Crippen molar-refractivity contribution in [3.8, 4) is 0 Å². The van der Waals surface area contributed by atoms with E-state index in [1.807, 2.05) is 17.0 Å². The van der Waals surface area contributed by atoms with Gasteiger partial charge in [0.25, 0.3) is 0 Å². The van der Waals surface area contributed by atoms with Crippen LogP contribution in [0.25, 0.3) is 0 Å². The van der Waals surface area contributed by atoms with Crippen LogP contribution in [0.4, 0.5) is 31.7 Å². The van der Waals surface area contributed by atoms with Crippen LogP contribution < -0.4 is 27.5 Å². The van der Waals surface area contributed by atoms with E-state index in [0.29, 0.717) is 36.0 Å². The highest BCUT2D eigenvalue weighted by Crippen LogP contribution is 2.27. The molecule has 1 amide bonds. The van der Waals surface area contributed by atoms with Crippen LogP contribution in [0.5, 0.6) is 0 Å². The van der Waals surface area contributed by atoms with Crippen molar-refractivity contribution in [1.29, 1.82) is 0 Å². The van der Waals surface area contributed by atoms with Crippen LogP contribution in [0, 0.1) is 17.6 Å². The lowest BCUT2D eigenvalue weighted by molar-refractivity contribution is -0.138. The number of nitrogens with zero attached hydrogens (tertiary/aromatic N) is 3. The second-order valence-corrected chi connectivity index (χ2v) is 10.5. The Bertz CT molecular complexity index is 1300. The van der Waals surface area contributed by atoms with Gasteiger partial charge in [-0.3, -0.25) is 15.1 Å². The van der Waals surface area contributed by atoms with Crippen molar-refractivity contribution < 1.29 is 18.5 Å². The maximum Gasteiger partial charge on any atom is 0.225 e. The molecule has 218 valence electrons. The van der Waals surface area contributed by atoms with Crippen LogP contribution >= 0.6 is 0 Å². The number of pyridine rings is 1. The molecule has 0 spiro atoms. The zero-order valence-electron chi connectivity index (χ0n) is 22.8. The predicted octanol–water partition coefficient (Wildman–Crippen LogP) is 4.13. The van der Waals surface area contributed by atoms with Gasteiger partial charge in [0.2, 0.25) is 5.91 Å². The Morgan fingerprint density at radius 3 is 2.39 bits per heavy atom. The van der Waals surface area contributed by atoms with Crippen LogP contribution in [0.1, 0.15) is 31.2 Å². The van der Waals surface area contributed by atoms with E-state index >= 15 is 0 Å². The maximum atomic E-state index is 14.0. The second-order valence-electron chi connectivity index (χ2n) is 10.5. The first-order valence-corrected chi connectivity index (χ1v) is 13.9. The van der Waals surface area contributed by atoms with Gasteiger partial charge in [0.05, 0.1) is 17.1 Å². The molecule has 0 unspecified atom stereocenters. The first kappa shape index (κ1) is 28.5. The summed E-state index contributed by atoms with van der Waals surface area (Å²) in [5.41, 5.74) is 16.6. The smallest absolute Gasteiger partial charge is 0.225 e. The molecule has 0 atom stereocenters. The van der Waals surface area contributed by atoms with Crippen LogP contribution in [-0.2, 0) is 16.3 Å². The molecule has 12 heteroatoms.